The Labute approximate surface area is 113 Å². The summed E-state index contributed by atoms with van der Waals surface area (Å²) in [5.74, 6) is 0.284. The molecule has 0 aliphatic heterocycles. The molecule has 16 heavy (non-hydrogen) atoms. The lowest BCUT2D eigenvalue weighted by atomic mass is 10.1. The summed E-state index contributed by atoms with van der Waals surface area (Å²) in [5.41, 5.74) is -0.350. The first kappa shape index (κ1) is 13.5. The van der Waals surface area contributed by atoms with Gasteiger partial charge in [0.15, 0.2) is 10.9 Å². The third-order valence-corrected chi connectivity index (χ3v) is 2.60. The van der Waals surface area contributed by atoms with Crippen LogP contribution in [0.25, 0.3) is 0 Å². The van der Waals surface area contributed by atoms with Gasteiger partial charge in [-0.05, 0) is 49.4 Å². The number of carbonyl (C=O) groups is 1. The normalized spacial score (nSPS) is 11.1. The van der Waals surface area contributed by atoms with E-state index >= 15 is 0 Å². The third-order valence-electron chi connectivity index (χ3n) is 1.48. The van der Waals surface area contributed by atoms with E-state index in [1.165, 1.54) is 0 Å². The lowest BCUT2D eigenvalue weighted by Gasteiger charge is -2.20. The van der Waals surface area contributed by atoms with Crippen molar-refractivity contribution in [2.24, 2.45) is 0 Å². The minimum absolute atomic E-state index is 0.177. The molecule has 0 bridgehead atoms. The summed E-state index contributed by atoms with van der Waals surface area (Å²) in [7, 11) is 0. The van der Waals surface area contributed by atoms with Crippen molar-refractivity contribution >= 4 is 40.3 Å². The molecule has 1 N–H and O–H groups in total. The molecule has 0 unspecified atom stereocenters. The maximum atomic E-state index is 11.5. The van der Waals surface area contributed by atoms with Crippen LogP contribution in [0, 0.1) is 3.57 Å². The van der Waals surface area contributed by atoms with Gasteiger partial charge < -0.3 is 10.1 Å². The summed E-state index contributed by atoms with van der Waals surface area (Å²) in [6, 6.07) is 1.71. The van der Waals surface area contributed by atoms with Crippen molar-refractivity contribution in [3.05, 3.63) is 21.0 Å². The first-order chi connectivity index (χ1) is 7.29. The van der Waals surface area contributed by atoms with Gasteiger partial charge in [0.25, 0.3) is 0 Å². The molecule has 1 aromatic heterocycles. The van der Waals surface area contributed by atoms with Crippen LogP contribution >= 0.6 is 34.2 Å². The number of halogens is 2. The molecule has 1 amide bonds. The lowest BCUT2D eigenvalue weighted by Crippen LogP contribution is -2.42. The molecular weight excluding hydrogens is 342 g/mol. The Morgan fingerprint density at radius 3 is 2.69 bits per heavy atom. The second-order valence-corrected chi connectivity index (χ2v) is 5.70. The van der Waals surface area contributed by atoms with E-state index in [0.717, 1.165) is 3.57 Å². The van der Waals surface area contributed by atoms with Gasteiger partial charge >= 0.3 is 6.09 Å². The molecule has 0 atom stereocenters. The molecule has 0 aliphatic carbocycles. The van der Waals surface area contributed by atoms with Gasteiger partial charge in [-0.15, -0.1) is 0 Å². The summed E-state index contributed by atoms with van der Waals surface area (Å²) in [6.07, 6.45) is 1.01. The van der Waals surface area contributed by atoms with E-state index in [9.17, 15) is 4.79 Å². The predicted molar refractivity (Wildman–Crippen MR) is 70.9 cm³/mol. The number of aromatic nitrogens is 1. The van der Waals surface area contributed by atoms with Crippen LogP contribution in [0.5, 0.6) is 5.75 Å². The summed E-state index contributed by atoms with van der Waals surface area (Å²) in [4.78, 5) is 15.4. The van der Waals surface area contributed by atoms with Crippen molar-refractivity contribution in [3.63, 3.8) is 0 Å². The highest BCUT2D eigenvalue weighted by Crippen LogP contribution is 2.27. The van der Waals surface area contributed by atoms with Gasteiger partial charge in [-0.25, -0.2) is 9.78 Å². The van der Waals surface area contributed by atoms with Crippen molar-refractivity contribution in [2.45, 2.75) is 26.3 Å². The Morgan fingerprint density at radius 2 is 2.19 bits per heavy atom. The fourth-order valence-electron chi connectivity index (χ4n) is 0.916. The summed E-state index contributed by atoms with van der Waals surface area (Å²) in [5, 5.41) is 2.85. The molecule has 1 rings (SSSR count). The number of carbonyl (C=O) groups excluding carboxylic acids is 1. The molecule has 0 spiro atoms. The number of pyridine rings is 1. The van der Waals surface area contributed by atoms with E-state index in [4.69, 9.17) is 16.3 Å². The number of nitrogens with zero attached hydrogens (tertiary/aromatic N) is 1. The van der Waals surface area contributed by atoms with Crippen molar-refractivity contribution in [1.29, 1.82) is 0 Å². The topological polar surface area (TPSA) is 51.2 Å². The van der Waals surface area contributed by atoms with Crippen LogP contribution in [0.4, 0.5) is 4.79 Å². The Morgan fingerprint density at radius 1 is 1.56 bits per heavy atom. The molecule has 6 heteroatoms. The maximum absolute atomic E-state index is 11.5. The van der Waals surface area contributed by atoms with Crippen molar-refractivity contribution < 1.29 is 9.53 Å². The van der Waals surface area contributed by atoms with Crippen molar-refractivity contribution in [1.82, 2.24) is 10.3 Å². The molecule has 1 heterocycles. The minimum Gasteiger partial charge on any atom is -0.406 e. The van der Waals surface area contributed by atoms with E-state index < -0.39 is 6.09 Å². The number of hydrogen-bond donors (Lipinski definition) is 1. The first-order valence-electron chi connectivity index (χ1n) is 4.59. The van der Waals surface area contributed by atoms with E-state index in [-0.39, 0.29) is 16.4 Å². The predicted octanol–water partition coefficient (Wildman–Crippen LogP) is 3.23. The Kier molecular flexibility index (Phi) is 4.37. The molecular formula is C10H12ClIN2O2. The van der Waals surface area contributed by atoms with Crippen LogP contribution in [-0.4, -0.2) is 16.6 Å². The third kappa shape index (κ3) is 4.13. The van der Waals surface area contributed by atoms with Gasteiger partial charge in [-0.3, -0.25) is 0 Å². The second kappa shape index (κ2) is 5.18. The van der Waals surface area contributed by atoms with Crippen LogP contribution in [0.2, 0.25) is 5.15 Å². The first-order valence-corrected chi connectivity index (χ1v) is 6.05. The summed E-state index contributed by atoms with van der Waals surface area (Å²) in [6.45, 7) is 5.60. The summed E-state index contributed by atoms with van der Waals surface area (Å²) < 4.78 is 5.84. The van der Waals surface area contributed by atoms with Crippen LogP contribution in [0.3, 0.4) is 0 Å². The molecule has 0 radical (unpaired) electrons. The van der Waals surface area contributed by atoms with Crippen LogP contribution < -0.4 is 10.1 Å². The van der Waals surface area contributed by atoms with E-state index in [0.29, 0.717) is 0 Å². The maximum Gasteiger partial charge on any atom is 0.413 e. The van der Waals surface area contributed by atoms with Gasteiger partial charge in [0.1, 0.15) is 0 Å². The molecule has 0 saturated carbocycles. The standard InChI is InChI=1S/C10H12ClIN2O2/c1-10(2,3)14-9(15)16-7-6(12)4-5-13-8(7)11/h4-5H,1-3H3,(H,14,15). The van der Waals surface area contributed by atoms with Crippen LogP contribution in [-0.2, 0) is 0 Å². The molecule has 1 aromatic rings. The van der Waals surface area contributed by atoms with Crippen LogP contribution in [0.1, 0.15) is 20.8 Å². The number of nitrogens with one attached hydrogen (secondary N) is 1. The Bertz CT molecular complexity index is 384. The van der Waals surface area contributed by atoms with Crippen LogP contribution in [0.15, 0.2) is 12.3 Å². The average Bonchev–Trinajstić information content (AvgIpc) is 2.08. The smallest absolute Gasteiger partial charge is 0.406 e. The number of amides is 1. The largest absolute Gasteiger partial charge is 0.413 e. The molecule has 0 saturated heterocycles. The van der Waals surface area contributed by atoms with E-state index in [2.05, 4.69) is 10.3 Å². The fraction of sp³-hybridized carbons (Fsp3) is 0.400. The van der Waals surface area contributed by atoms with E-state index in [1.54, 1.807) is 12.3 Å². The van der Waals surface area contributed by atoms with Gasteiger partial charge in [0.05, 0.1) is 3.57 Å². The highest BCUT2D eigenvalue weighted by atomic mass is 127. The zero-order chi connectivity index (χ0) is 12.3. The Hall–Kier alpha value is -0.560. The number of rotatable bonds is 1. The molecule has 0 fully saturated rings. The van der Waals surface area contributed by atoms with E-state index in [1.807, 2.05) is 43.4 Å². The highest BCUT2D eigenvalue weighted by molar-refractivity contribution is 14.1. The summed E-state index contributed by atoms with van der Waals surface area (Å²) >= 11 is 7.85. The molecule has 0 aliphatic rings. The quantitative estimate of drug-likeness (QED) is 0.622. The zero-order valence-corrected chi connectivity index (χ0v) is 12.1. The monoisotopic (exact) mass is 354 g/mol. The molecule has 4 nitrogen and oxygen atoms in total. The lowest BCUT2D eigenvalue weighted by molar-refractivity contribution is 0.190. The van der Waals surface area contributed by atoms with Gasteiger partial charge in [-0.1, -0.05) is 11.6 Å². The van der Waals surface area contributed by atoms with Gasteiger partial charge in [0, 0.05) is 11.7 Å². The van der Waals surface area contributed by atoms with Gasteiger partial charge in [-0.2, -0.15) is 0 Å². The molecule has 0 aromatic carbocycles. The zero-order valence-electron chi connectivity index (χ0n) is 9.17. The highest BCUT2D eigenvalue weighted by Gasteiger charge is 2.18. The van der Waals surface area contributed by atoms with Crippen molar-refractivity contribution in [2.75, 3.05) is 0 Å². The van der Waals surface area contributed by atoms with Gasteiger partial charge in [0.2, 0.25) is 0 Å². The SMILES string of the molecule is CC(C)(C)NC(=O)Oc1c(I)ccnc1Cl. The van der Waals surface area contributed by atoms with Crippen molar-refractivity contribution in [3.8, 4) is 5.75 Å². The minimum atomic E-state index is -0.541. The second-order valence-electron chi connectivity index (χ2n) is 4.18. The number of ether oxygens (including phenoxy) is 1. The fourth-order valence-corrected chi connectivity index (χ4v) is 1.80. The number of hydrogen-bond acceptors (Lipinski definition) is 3. The Balaban J connectivity index is 2.78. The molecule has 88 valence electrons. The average molecular weight is 355 g/mol.